The van der Waals surface area contributed by atoms with Gasteiger partial charge in [0.2, 0.25) is 0 Å². The number of hydrogen-bond acceptors (Lipinski definition) is 2. The van der Waals surface area contributed by atoms with Gasteiger partial charge >= 0.3 is 6.18 Å². The maximum absolute atomic E-state index is 12.7. The molecule has 2 atom stereocenters. The number of alkyl halides is 3. The Morgan fingerprint density at radius 2 is 1.72 bits per heavy atom. The van der Waals surface area contributed by atoms with Gasteiger partial charge in [0.05, 0.1) is 27.3 Å². The predicted octanol–water partition coefficient (Wildman–Crippen LogP) is 4.92. The van der Waals surface area contributed by atoms with Crippen LogP contribution in [0.25, 0.3) is 0 Å². The highest BCUT2D eigenvalue weighted by atomic mass is 28.2. The van der Waals surface area contributed by atoms with Crippen LogP contribution in [0.3, 0.4) is 0 Å². The highest BCUT2D eigenvalue weighted by Crippen LogP contribution is 2.28. The topological polar surface area (TPSA) is 12.5 Å². The van der Waals surface area contributed by atoms with Crippen molar-refractivity contribution < 1.29 is 17.9 Å². The van der Waals surface area contributed by atoms with Crippen LogP contribution >= 0.6 is 0 Å². The van der Waals surface area contributed by atoms with Crippen molar-refractivity contribution in [1.29, 1.82) is 0 Å². The SMILES string of the molecule is CC1CN(CCCCCCCC=CC[SiH2]c2cccc(C(F)(F)F)c2)CC(C)O1. The molecule has 0 aliphatic carbocycles. The van der Waals surface area contributed by atoms with Gasteiger partial charge in [-0.25, -0.2) is 0 Å². The maximum Gasteiger partial charge on any atom is 0.416 e. The average Bonchev–Trinajstić information content (AvgIpc) is 2.65. The summed E-state index contributed by atoms with van der Waals surface area (Å²) < 4.78 is 43.9. The van der Waals surface area contributed by atoms with Gasteiger partial charge in [0.1, 0.15) is 0 Å². The van der Waals surface area contributed by atoms with Crippen LogP contribution in [-0.2, 0) is 10.9 Å². The number of allylic oxidation sites excluding steroid dienone is 2. The van der Waals surface area contributed by atoms with Crippen molar-refractivity contribution in [3.05, 3.63) is 42.0 Å². The van der Waals surface area contributed by atoms with Gasteiger partial charge in [0.25, 0.3) is 0 Å². The first-order chi connectivity index (χ1) is 13.8. The highest BCUT2D eigenvalue weighted by molar-refractivity contribution is 6.53. The molecule has 1 aliphatic rings. The monoisotopic (exact) mass is 427 g/mol. The fourth-order valence-electron chi connectivity index (χ4n) is 3.98. The molecule has 164 valence electrons. The number of rotatable bonds is 11. The van der Waals surface area contributed by atoms with E-state index in [1.807, 2.05) is 6.07 Å². The predicted molar refractivity (Wildman–Crippen MR) is 118 cm³/mol. The third-order valence-electron chi connectivity index (χ3n) is 5.36. The van der Waals surface area contributed by atoms with Gasteiger partial charge in [-0.1, -0.05) is 60.9 Å². The lowest BCUT2D eigenvalue weighted by atomic mass is 10.1. The zero-order valence-corrected chi connectivity index (χ0v) is 19.3. The molecular weight excluding hydrogens is 391 g/mol. The molecule has 2 unspecified atom stereocenters. The van der Waals surface area contributed by atoms with Crippen molar-refractivity contribution in [2.24, 2.45) is 0 Å². The lowest BCUT2D eigenvalue weighted by molar-refractivity contribution is -0.137. The minimum Gasteiger partial charge on any atom is -0.373 e. The first kappa shape index (κ1) is 24.2. The Balaban J connectivity index is 1.47. The van der Waals surface area contributed by atoms with E-state index < -0.39 is 21.3 Å². The molecule has 29 heavy (non-hydrogen) atoms. The Morgan fingerprint density at radius 1 is 1.03 bits per heavy atom. The molecule has 1 heterocycles. The molecule has 1 aliphatic heterocycles. The number of hydrogen-bond donors (Lipinski definition) is 0. The van der Waals surface area contributed by atoms with Crippen molar-refractivity contribution >= 4 is 14.7 Å². The van der Waals surface area contributed by atoms with E-state index in [1.54, 1.807) is 0 Å². The molecule has 1 aromatic carbocycles. The summed E-state index contributed by atoms with van der Waals surface area (Å²) in [6.45, 7) is 7.59. The summed E-state index contributed by atoms with van der Waals surface area (Å²) in [4.78, 5) is 2.52. The minimum absolute atomic E-state index is 0.349. The molecule has 0 bridgehead atoms. The molecule has 0 amide bonds. The molecule has 1 saturated heterocycles. The van der Waals surface area contributed by atoms with E-state index in [9.17, 15) is 13.2 Å². The molecule has 0 N–H and O–H groups in total. The molecular formula is C23H36F3NOSi. The average molecular weight is 428 g/mol. The fourth-order valence-corrected chi connectivity index (χ4v) is 5.39. The summed E-state index contributed by atoms with van der Waals surface area (Å²) in [6.07, 6.45) is 8.19. The lowest BCUT2D eigenvalue weighted by Gasteiger charge is -2.35. The Hall–Kier alpha value is -1.11. The Morgan fingerprint density at radius 3 is 2.45 bits per heavy atom. The molecule has 0 saturated carbocycles. The largest absolute Gasteiger partial charge is 0.416 e. The lowest BCUT2D eigenvalue weighted by Crippen LogP contribution is -2.45. The molecule has 1 aromatic rings. The first-order valence-electron chi connectivity index (χ1n) is 11.0. The van der Waals surface area contributed by atoms with Gasteiger partial charge in [-0.05, 0) is 45.7 Å². The van der Waals surface area contributed by atoms with Crippen molar-refractivity contribution in [1.82, 2.24) is 4.90 Å². The molecule has 2 rings (SSSR count). The van der Waals surface area contributed by atoms with Crippen LogP contribution in [0.4, 0.5) is 13.2 Å². The van der Waals surface area contributed by atoms with Gasteiger partial charge in [0, 0.05) is 13.1 Å². The van der Waals surface area contributed by atoms with E-state index in [0.717, 1.165) is 36.8 Å². The van der Waals surface area contributed by atoms with Gasteiger partial charge in [-0.3, -0.25) is 4.90 Å². The number of morpholine rings is 1. The van der Waals surface area contributed by atoms with E-state index in [1.165, 1.54) is 50.8 Å². The van der Waals surface area contributed by atoms with E-state index >= 15 is 0 Å². The van der Waals surface area contributed by atoms with Gasteiger partial charge in [-0.2, -0.15) is 13.2 Å². The second-order valence-electron chi connectivity index (χ2n) is 8.28. The first-order valence-corrected chi connectivity index (χ1v) is 12.7. The summed E-state index contributed by atoms with van der Waals surface area (Å²) in [6, 6.07) is 6.74. The number of halogens is 3. The molecule has 6 heteroatoms. The van der Waals surface area contributed by atoms with E-state index in [-0.39, 0.29) is 0 Å². The van der Waals surface area contributed by atoms with Gasteiger partial charge in [-0.15, -0.1) is 0 Å². The summed E-state index contributed by atoms with van der Waals surface area (Å²) >= 11 is 0. The zero-order chi connectivity index (χ0) is 21.1. The summed E-state index contributed by atoms with van der Waals surface area (Å²) in [7, 11) is -0.660. The normalized spacial score (nSPS) is 21.6. The van der Waals surface area contributed by atoms with Crippen LogP contribution in [-0.4, -0.2) is 46.3 Å². The zero-order valence-electron chi connectivity index (χ0n) is 17.9. The smallest absolute Gasteiger partial charge is 0.373 e. The van der Waals surface area contributed by atoms with E-state index in [2.05, 4.69) is 30.9 Å². The highest BCUT2D eigenvalue weighted by Gasteiger charge is 2.30. The van der Waals surface area contributed by atoms with E-state index in [4.69, 9.17) is 4.74 Å². The summed E-state index contributed by atoms with van der Waals surface area (Å²) in [5.41, 5.74) is -0.524. The van der Waals surface area contributed by atoms with Crippen molar-refractivity contribution in [3.8, 4) is 0 Å². The van der Waals surface area contributed by atoms with Crippen molar-refractivity contribution in [2.75, 3.05) is 19.6 Å². The number of benzene rings is 1. The molecule has 1 fully saturated rings. The number of nitrogens with zero attached hydrogens (tertiary/aromatic N) is 1. The minimum atomic E-state index is -4.24. The van der Waals surface area contributed by atoms with Crippen molar-refractivity contribution in [3.63, 3.8) is 0 Å². The van der Waals surface area contributed by atoms with E-state index in [0.29, 0.717) is 12.2 Å². The summed E-state index contributed by atoms with van der Waals surface area (Å²) in [5.74, 6) is 0. The number of unbranched alkanes of at least 4 members (excludes halogenated alkanes) is 5. The molecule has 0 spiro atoms. The van der Waals surface area contributed by atoms with Crippen LogP contribution in [0, 0.1) is 0 Å². The van der Waals surface area contributed by atoms with Crippen LogP contribution in [0.1, 0.15) is 57.9 Å². The summed E-state index contributed by atoms with van der Waals surface area (Å²) in [5, 5.41) is 0.883. The second kappa shape index (κ2) is 12.6. The molecule has 2 nitrogen and oxygen atoms in total. The standard InChI is InChI=1S/C23H36F3NOSi/c1-19-17-27(18-20(2)28-19)14-9-7-5-3-4-6-8-10-15-29-22-13-11-12-21(16-22)23(24,25)26/h8,10-13,16,19-20H,3-7,9,14-15,17-18,29H2,1-2H3. The second-order valence-corrected chi connectivity index (χ2v) is 10.2. The van der Waals surface area contributed by atoms with Crippen LogP contribution in [0.2, 0.25) is 6.04 Å². The Bertz CT molecular complexity index is 610. The quantitative estimate of drug-likeness (QED) is 0.282. The van der Waals surface area contributed by atoms with Gasteiger partial charge < -0.3 is 4.74 Å². The van der Waals surface area contributed by atoms with Crippen LogP contribution in [0.5, 0.6) is 0 Å². The van der Waals surface area contributed by atoms with Crippen LogP contribution in [0.15, 0.2) is 36.4 Å². The molecule has 0 aromatic heterocycles. The third kappa shape index (κ3) is 9.96. The fraction of sp³-hybridized carbons (Fsp3) is 0.652. The van der Waals surface area contributed by atoms with Crippen molar-refractivity contribution in [2.45, 2.75) is 76.8 Å². The van der Waals surface area contributed by atoms with Crippen LogP contribution < -0.4 is 5.19 Å². The molecule has 0 radical (unpaired) electrons. The number of ether oxygens (including phenoxy) is 1. The van der Waals surface area contributed by atoms with Gasteiger partial charge in [0.15, 0.2) is 0 Å². The Labute approximate surface area is 176 Å². The Kier molecular flexibility index (Phi) is 10.5. The maximum atomic E-state index is 12.7. The third-order valence-corrected chi connectivity index (χ3v) is 7.00.